The SMILES string of the molecule is CC1CCC=C2CC[C@@H]3[C@@H](CC[C@]4(C)C(O)CC[C@@H]34)[C@]21C=O. The standard InChI is InChI=1S/C20H30O2/c1-13-4-3-5-14-6-7-15-16-8-9-18(22)19(16,2)11-10-17(15)20(13,14)12-21/h5,12-13,15-18,22H,3-4,6-11H2,1-2H3/t13?,15-,16-,17+,18?,19-,20-/m0/s1. The molecular weight excluding hydrogens is 272 g/mol. The third-order valence-electron chi connectivity index (χ3n) is 8.30. The van der Waals surface area contributed by atoms with E-state index in [1.54, 1.807) is 0 Å². The predicted molar refractivity (Wildman–Crippen MR) is 87.3 cm³/mol. The topological polar surface area (TPSA) is 37.3 Å². The molecule has 122 valence electrons. The Balaban J connectivity index is 1.75. The number of carbonyl (C=O) groups is 1. The van der Waals surface area contributed by atoms with Crippen LogP contribution in [0.1, 0.15) is 65.2 Å². The second-order valence-electron chi connectivity index (χ2n) is 8.81. The molecular formula is C20H30O2. The molecule has 0 heterocycles. The second-order valence-corrected chi connectivity index (χ2v) is 8.81. The van der Waals surface area contributed by atoms with Crippen LogP contribution in [-0.4, -0.2) is 17.5 Å². The summed E-state index contributed by atoms with van der Waals surface area (Å²) in [7, 11) is 0. The Kier molecular flexibility index (Phi) is 3.35. The molecule has 3 saturated carbocycles. The summed E-state index contributed by atoms with van der Waals surface area (Å²) in [6.45, 7) is 4.62. The van der Waals surface area contributed by atoms with Crippen molar-refractivity contribution in [1.29, 1.82) is 0 Å². The van der Waals surface area contributed by atoms with Crippen molar-refractivity contribution in [2.24, 2.45) is 34.5 Å². The van der Waals surface area contributed by atoms with Crippen molar-refractivity contribution in [3.8, 4) is 0 Å². The van der Waals surface area contributed by atoms with Crippen LogP contribution in [0.4, 0.5) is 0 Å². The van der Waals surface area contributed by atoms with Gasteiger partial charge in [0, 0.05) is 0 Å². The molecule has 4 aliphatic carbocycles. The molecule has 1 N–H and O–H groups in total. The fraction of sp³-hybridized carbons (Fsp3) is 0.850. The number of aldehydes is 1. The van der Waals surface area contributed by atoms with Gasteiger partial charge in [0.2, 0.25) is 0 Å². The molecule has 2 heteroatoms. The van der Waals surface area contributed by atoms with Gasteiger partial charge < -0.3 is 9.90 Å². The highest BCUT2D eigenvalue weighted by Gasteiger charge is 2.61. The van der Waals surface area contributed by atoms with Crippen molar-refractivity contribution in [2.45, 2.75) is 71.3 Å². The molecule has 2 unspecified atom stereocenters. The molecule has 22 heavy (non-hydrogen) atoms. The Morgan fingerprint density at radius 3 is 2.77 bits per heavy atom. The lowest BCUT2D eigenvalue weighted by Gasteiger charge is -2.58. The Labute approximate surface area is 134 Å². The van der Waals surface area contributed by atoms with E-state index in [0.717, 1.165) is 38.5 Å². The Hall–Kier alpha value is -0.630. The Morgan fingerprint density at radius 2 is 2.00 bits per heavy atom. The molecule has 4 rings (SSSR count). The van der Waals surface area contributed by atoms with Crippen LogP contribution in [0.25, 0.3) is 0 Å². The van der Waals surface area contributed by atoms with Crippen LogP contribution in [0.2, 0.25) is 0 Å². The van der Waals surface area contributed by atoms with Gasteiger partial charge >= 0.3 is 0 Å². The summed E-state index contributed by atoms with van der Waals surface area (Å²) in [4.78, 5) is 12.3. The van der Waals surface area contributed by atoms with Gasteiger partial charge in [0.1, 0.15) is 6.29 Å². The van der Waals surface area contributed by atoms with Gasteiger partial charge in [-0.1, -0.05) is 25.5 Å². The maximum atomic E-state index is 12.3. The lowest BCUT2D eigenvalue weighted by Crippen LogP contribution is -2.54. The molecule has 0 aromatic carbocycles. The van der Waals surface area contributed by atoms with E-state index in [0.29, 0.717) is 23.7 Å². The van der Waals surface area contributed by atoms with Crippen molar-refractivity contribution in [2.75, 3.05) is 0 Å². The van der Waals surface area contributed by atoms with Crippen molar-refractivity contribution < 1.29 is 9.90 Å². The van der Waals surface area contributed by atoms with Crippen molar-refractivity contribution in [3.05, 3.63) is 11.6 Å². The van der Waals surface area contributed by atoms with Gasteiger partial charge in [-0.3, -0.25) is 0 Å². The van der Waals surface area contributed by atoms with E-state index in [1.165, 1.54) is 24.7 Å². The molecule has 2 nitrogen and oxygen atoms in total. The first kappa shape index (κ1) is 14.9. The van der Waals surface area contributed by atoms with E-state index in [1.807, 2.05) is 0 Å². The summed E-state index contributed by atoms with van der Waals surface area (Å²) in [6, 6.07) is 0. The van der Waals surface area contributed by atoms with E-state index in [2.05, 4.69) is 19.9 Å². The average Bonchev–Trinajstić information content (AvgIpc) is 2.83. The number of allylic oxidation sites excluding steroid dienone is 2. The van der Waals surface area contributed by atoms with Gasteiger partial charge in [0.25, 0.3) is 0 Å². The van der Waals surface area contributed by atoms with Crippen LogP contribution in [-0.2, 0) is 4.79 Å². The van der Waals surface area contributed by atoms with E-state index in [4.69, 9.17) is 0 Å². The van der Waals surface area contributed by atoms with Gasteiger partial charge in [0.15, 0.2) is 0 Å². The van der Waals surface area contributed by atoms with Crippen LogP contribution < -0.4 is 0 Å². The summed E-state index contributed by atoms with van der Waals surface area (Å²) in [6.07, 6.45) is 12.7. The maximum Gasteiger partial charge on any atom is 0.130 e. The van der Waals surface area contributed by atoms with Crippen molar-refractivity contribution in [1.82, 2.24) is 0 Å². The fourth-order valence-electron chi connectivity index (χ4n) is 7.02. The first-order valence-electron chi connectivity index (χ1n) is 9.38. The highest BCUT2D eigenvalue weighted by molar-refractivity contribution is 5.68. The zero-order valence-corrected chi connectivity index (χ0v) is 14.1. The number of aliphatic hydroxyl groups excluding tert-OH is 1. The van der Waals surface area contributed by atoms with Crippen molar-refractivity contribution in [3.63, 3.8) is 0 Å². The summed E-state index contributed by atoms with van der Waals surface area (Å²) >= 11 is 0. The van der Waals surface area contributed by atoms with Crippen LogP contribution in [0.3, 0.4) is 0 Å². The molecule has 4 aliphatic rings. The normalized spacial score (nSPS) is 54.0. The minimum absolute atomic E-state index is 0.115. The third kappa shape index (κ3) is 1.68. The molecule has 3 fully saturated rings. The first-order chi connectivity index (χ1) is 10.5. The van der Waals surface area contributed by atoms with Gasteiger partial charge in [-0.05, 0) is 80.5 Å². The summed E-state index contributed by atoms with van der Waals surface area (Å²) in [5.41, 5.74) is 1.41. The molecule has 0 aromatic heterocycles. The minimum Gasteiger partial charge on any atom is -0.393 e. The van der Waals surface area contributed by atoms with Gasteiger partial charge in [-0.2, -0.15) is 0 Å². The summed E-state index contributed by atoms with van der Waals surface area (Å²) < 4.78 is 0. The zero-order chi connectivity index (χ0) is 15.5. The predicted octanol–water partition coefficient (Wildman–Crippen LogP) is 4.13. The molecule has 0 saturated heterocycles. The highest BCUT2D eigenvalue weighted by Crippen LogP contribution is 2.65. The minimum atomic E-state index is -0.171. The Bertz CT molecular complexity index is 510. The fourth-order valence-corrected chi connectivity index (χ4v) is 7.02. The summed E-state index contributed by atoms with van der Waals surface area (Å²) in [5.74, 6) is 2.31. The monoisotopic (exact) mass is 302 g/mol. The van der Waals surface area contributed by atoms with Gasteiger partial charge in [-0.15, -0.1) is 0 Å². The number of fused-ring (bicyclic) bond motifs is 5. The average molecular weight is 302 g/mol. The van der Waals surface area contributed by atoms with Crippen LogP contribution in [0, 0.1) is 34.5 Å². The third-order valence-corrected chi connectivity index (χ3v) is 8.30. The van der Waals surface area contributed by atoms with Crippen molar-refractivity contribution >= 4 is 6.29 Å². The van der Waals surface area contributed by atoms with Crippen LogP contribution >= 0.6 is 0 Å². The molecule has 0 spiro atoms. The smallest absolute Gasteiger partial charge is 0.130 e. The lowest BCUT2D eigenvalue weighted by atomic mass is 9.45. The highest BCUT2D eigenvalue weighted by atomic mass is 16.3. The molecule has 0 radical (unpaired) electrons. The lowest BCUT2D eigenvalue weighted by molar-refractivity contribution is -0.133. The zero-order valence-electron chi connectivity index (χ0n) is 14.1. The van der Waals surface area contributed by atoms with E-state index < -0.39 is 0 Å². The maximum absolute atomic E-state index is 12.3. The number of carbonyl (C=O) groups excluding carboxylic acids is 1. The van der Waals surface area contributed by atoms with E-state index in [-0.39, 0.29) is 16.9 Å². The Morgan fingerprint density at radius 1 is 1.18 bits per heavy atom. The number of aliphatic hydroxyl groups is 1. The summed E-state index contributed by atoms with van der Waals surface area (Å²) in [5, 5.41) is 10.5. The van der Waals surface area contributed by atoms with Crippen LogP contribution in [0.5, 0.6) is 0 Å². The molecule has 0 aliphatic heterocycles. The van der Waals surface area contributed by atoms with Gasteiger partial charge in [0.05, 0.1) is 11.5 Å². The van der Waals surface area contributed by atoms with E-state index >= 15 is 0 Å². The molecule has 0 aromatic rings. The number of rotatable bonds is 1. The molecule has 7 atom stereocenters. The quantitative estimate of drug-likeness (QED) is 0.584. The molecule has 0 bridgehead atoms. The van der Waals surface area contributed by atoms with Crippen LogP contribution in [0.15, 0.2) is 11.6 Å². The number of hydrogen-bond acceptors (Lipinski definition) is 2. The second kappa shape index (κ2) is 4.93. The molecule has 0 amide bonds. The first-order valence-corrected chi connectivity index (χ1v) is 9.38. The largest absolute Gasteiger partial charge is 0.393 e. The number of hydrogen-bond donors (Lipinski definition) is 1. The van der Waals surface area contributed by atoms with Gasteiger partial charge in [-0.25, -0.2) is 0 Å². The van der Waals surface area contributed by atoms with E-state index in [9.17, 15) is 9.90 Å².